The van der Waals surface area contributed by atoms with Gasteiger partial charge in [-0.1, -0.05) is 20.4 Å². The van der Waals surface area contributed by atoms with Gasteiger partial charge in [0.1, 0.15) is 5.82 Å². The van der Waals surface area contributed by atoms with E-state index >= 15 is 0 Å². The van der Waals surface area contributed by atoms with Gasteiger partial charge in [-0.25, -0.2) is 4.98 Å². The lowest BCUT2D eigenvalue weighted by Crippen LogP contribution is -2.31. The number of nitrogens with one attached hydrogen (secondary N) is 3. The first kappa shape index (κ1) is 13.7. The molecule has 17 heavy (non-hydrogen) atoms. The van der Waals surface area contributed by atoms with Gasteiger partial charge in [0.05, 0.1) is 0 Å². The van der Waals surface area contributed by atoms with Crippen LogP contribution in [0.15, 0.2) is 31.1 Å². The van der Waals surface area contributed by atoms with E-state index < -0.39 is 0 Å². The molecule has 0 amide bonds. The fraction of sp³-hybridized carbons (Fsp3) is 0.462. The van der Waals surface area contributed by atoms with E-state index in [4.69, 9.17) is 0 Å². The molecule has 0 atom stereocenters. The summed E-state index contributed by atoms with van der Waals surface area (Å²) in [6.07, 6.45) is 3.42. The van der Waals surface area contributed by atoms with Crippen LogP contribution < -0.4 is 16.0 Å². The van der Waals surface area contributed by atoms with Crippen molar-refractivity contribution in [3.63, 3.8) is 0 Å². The van der Waals surface area contributed by atoms with Gasteiger partial charge < -0.3 is 16.0 Å². The molecule has 0 aliphatic heterocycles. The third-order valence-electron chi connectivity index (χ3n) is 2.21. The molecule has 0 saturated carbocycles. The molecule has 0 bridgehead atoms. The summed E-state index contributed by atoms with van der Waals surface area (Å²) < 4.78 is 0. The van der Waals surface area contributed by atoms with E-state index in [2.05, 4.69) is 41.4 Å². The lowest BCUT2D eigenvalue weighted by Gasteiger charge is -2.09. The van der Waals surface area contributed by atoms with Crippen LogP contribution in [0.25, 0.3) is 0 Å². The molecule has 4 nitrogen and oxygen atoms in total. The Balaban J connectivity index is 2.26. The van der Waals surface area contributed by atoms with Crippen molar-refractivity contribution in [1.82, 2.24) is 15.6 Å². The van der Waals surface area contributed by atoms with Crippen molar-refractivity contribution in [3.05, 3.63) is 36.7 Å². The minimum Gasteiger partial charge on any atom is -0.347 e. The molecule has 0 saturated heterocycles. The van der Waals surface area contributed by atoms with Gasteiger partial charge in [-0.15, -0.1) is 0 Å². The van der Waals surface area contributed by atoms with Crippen molar-refractivity contribution in [1.29, 1.82) is 0 Å². The lowest BCUT2D eigenvalue weighted by atomic mass is 10.2. The summed E-state index contributed by atoms with van der Waals surface area (Å²) >= 11 is 0. The van der Waals surface area contributed by atoms with Crippen molar-refractivity contribution >= 4 is 5.82 Å². The van der Waals surface area contributed by atoms with Crippen molar-refractivity contribution in [2.45, 2.75) is 20.4 Å². The fourth-order valence-corrected chi connectivity index (χ4v) is 1.42. The lowest BCUT2D eigenvalue weighted by molar-refractivity contribution is 0.513. The normalized spacial score (nSPS) is 10.5. The van der Waals surface area contributed by atoms with E-state index in [1.807, 2.05) is 12.1 Å². The zero-order valence-electron chi connectivity index (χ0n) is 10.7. The summed E-state index contributed by atoms with van der Waals surface area (Å²) in [5, 5.41) is 9.64. The molecule has 1 aromatic heterocycles. The van der Waals surface area contributed by atoms with Crippen LogP contribution in [0.4, 0.5) is 5.82 Å². The highest BCUT2D eigenvalue weighted by Gasteiger charge is 1.96. The Morgan fingerprint density at radius 3 is 2.94 bits per heavy atom. The van der Waals surface area contributed by atoms with Crippen molar-refractivity contribution in [2.24, 2.45) is 5.92 Å². The molecule has 1 heterocycles. The van der Waals surface area contributed by atoms with Crippen LogP contribution >= 0.6 is 0 Å². The van der Waals surface area contributed by atoms with Crippen LogP contribution in [-0.2, 0) is 6.54 Å². The Morgan fingerprint density at radius 1 is 1.41 bits per heavy atom. The van der Waals surface area contributed by atoms with Gasteiger partial charge in [-0.05, 0) is 36.4 Å². The number of hydrogen-bond donors (Lipinski definition) is 3. The van der Waals surface area contributed by atoms with Crippen LogP contribution in [0.5, 0.6) is 0 Å². The van der Waals surface area contributed by atoms with Gasteiger partial charge in [0.2, 0.25) is 0 Å². The predicted molar refractivity (Wildman–Crippen MR) is 72.6 cm³/mol. The number of nitrogens with zero attached hydrogens (tertiary/aromatic N) is 1. The molecule has 94 valence electrons. The first-order valence-corrected chi connectivity index (χ1v) is 5.96. The minimum absolute atomic E-state index is 0.682. The Kier molecular flexibility index (Phi) is 6.29. The maximum atomic E-state index is 4.17. The fourth-order valence-electron chi connectivity index (χ4n) is 1.42. The summed E-state index contributed by atoms with van der Waals surface area (Å²) in [6.45, 7) is 10.7. The third kappa shape index (κ3) is 6.04. The van der Waals surface area contributed by atoms with Crippen LogP contribution in [0, 0.1) is 5.92 Å². The number of pyridine rings is 1. The van der Waals surface area contributed by atoms with Gasteiger partial charge in [0, 0.05) is 19.4 Å². The van der Waals surface area contributed by atoms with Gasteiger partial charge in [-0.3, -0.25) is 0 Å². The number of rotatable bonds is 8. The van der Waals surface area contributed by atoms with Crippen molar-refractivity contribution < 1.29 is 0 Å². The average Bonchev–Trinajstić information content (AvgIpc) is 2.29. The van der Waals surface area contributed by atoms with E-state index in [0.717, 1.165) is 25.6 Å². The Bertz CT molecular complexity index is 336. The van der Waals surface area contributed by atoms with Crippen molar-refractivity contribution in [3.8, 4) is 0 Å². The predicted octanol–water partition coefficient (Wildman–Crippen LogP) is 1.93. The largest absolute Gasteiger partial charge is 0.347 e. The molecule has 4 heteroatoms. The molecule has 0 aromatic carbocycles. The summed E-state index contributed by atoms with van der Waals surface area (Å²) in [5.41, 5.74) is 1.20. The zero-order valence-corrected chi connectivity index (χ0v) is 10.7. The van der Waals surface area contributed by atoms with Gasteiger partial charge in [-0.2, -0.15) is 0 Å². The highest BCUT2D eigenvalue weighted by molar-refractivity contribution is 5.39. The second-order valence-corrected chi connectivity index (χ2v) is 4.35. The Morgan fingerprint density at radius 2 is 2.24 bits per heavy atom. The third-order valence-corrected chi connectivity index (χ3v) is 2.21. The van der Waals surface area contributed by atoms with E-state index in [-0.39, 0.29) is 0 Å². The molecule has 0 spiro atoms. The van der Waals surface area contributed by atoms with Gasteiger partial charge in [0.25, 0.3) is 0 Å². The highest BCUT2D eigenvalue weighted by atomic mass is 15.1. The smallest absolute Gasteiger partial charge is 0.130 e. The molecule has 0 aliphatic carbocycles. The average molecular weight is 234 g/mol. The first-order chi connectivity index (χ1) is 8.22. The van der Waals surface area contributed by atoms with E-state index in [9.17, 15) is 0 Å². The van der Waals surface area contributed by atoms with E-state index in [1.165, 1.54) is 5.56 Å². The molecule has 0 fully saturated rings. The standard InChI is InChI=1S/C13H22N4/c1-4-16-13-7-12(5-6-17-13)9-15-10-14-8-11(2)3/h4-7,11,14-15H,1,8-10H2,2-3H3,(H,16,17). The van der Waals surface area contributed by atoms with Crippen LogP contribution in [0.1, 0.15) is 19.4 Å². The second kappa shape index (κ2) is 7.81. The Hall–Kier alpha value is -1.39. The Labute approximate surface area is 104 Å². The van der Waals surface area contributed by atoms with Crippen LogP contribution in [0.3, 0.4) is 0 Å². The summed E-state index contributed by atoms with van der Waals surface area (Å²) in [4.78, 5) is 4.17. The number of hydrogen-bond acceptors (Lipinski definition) is 4. The zero-order chi connectivity index (χ0) is 12.5. The summed E-state index contributed by atoms with van der Waals surface area (Å²) in [7, 11) is 0. The van der Waals surface area contributed by atoms with E-state index in [1.54, 1.807) is 12.4 Å². The molecule has 3 N–H and O–H groups in total. The number of anilines is 1. The molecule has 0 aliphatic rings. The number of aromatic nitrogens is 1. The quantitative estimate of drug-likeness (QED) is 0.475. The molecule has 1 aromatic rings. The molecular formula is C13H22N4. The van der Waals surface area contributed by atoms with E-state index in [0.29, 0.717) is 5.92 Å². The topological polar surface area (TPSA) is 49.0 Å². The molecule has 0 unspecified atom stereocenters. The summed E-state index contributed by atoms with van der Waals surface area (Å²) in [6, 6.07) is 4.01. The molecule has 1 rings (SSSR count). The van der Waals surface area contributed by atoms with Gasteiger partial charge in [0.15, 0.2) is 0 Å². The summed E-state index contributed by atoms with van der Waals surface area (Å²) in [5.74, 6) is 1.51. The second-order valence-electron chi connectivity index (χ2n) is 4.35. The monoisotopic (exact) mass is 234 g/mol. The van der Waals surface area contributed by atoms with Crippen LogP contribution in [0.2, 0.25) is 0 Å². The minimum atomic E-state index is 0.682. The maximum Gasteiger partial charge on any atom is 0.130 e. The molecule has 0 radical (unpaired) electrons. The van der Waals surface area contributed by atoms with Crippen molar-refractivity contribution in [2.75, 3.05) is 18.5 Å². The maximum absolute atomic E-state index is 4.17. The SMILES string of the molecule is C=CNc1cc(CNCNCC(C)C)ccn1. The highest BCUT2D eigenvalue weighted by Crippen LogP contribution is 2.05. The van der Waals surface area contributed by atoms with Crippen LogP contribution in [-0.4, -0.2) is 18.2 Å². The van der Waals surface area contributed by atoms with Gasteiger partial charge >= 0.3 is 0 Å². The first-order valence-electron chi connectivity index (χ1n) is 5.96. The molecular weight excluding hydrogens is 212 g/mol.